The number of hydrogen-bond donors (Lipinski definition) is 2. The molecule has 1 aliphatic rings. The number of amides is 3. The monoisotopic (exact) mass is 368 g/mol. The number of fused-ring (bicyclic) bond motifs is 1. The van der Waals surface area contributed by atoms with Crippen LogP contribution in [0.15, 0.2) is 18.2 Å². The van der Waals surface area contributed by atoms with Gasteiger partial charge in [-0.15, -0.1) is 0 Å². The maximum atomic E-state index is 13.6. The smallest absolute Gasteiger partial charge is 0.413 e. The van der Waals surface area contributed by atoms with Crippen molar-refractivity contribution in [2.75, 3.05) is 24.3 Å². The van der Waals surface area contributed by atoms with Crippen LogP contribution in [0.1, 0.15) is 10.6 Å². The first-order chi connectivity index (χ1) is 12.0. The Labute approximate surface area is 145 Å². The molecule has 0 aliphatic carbocycles. The summed E-state index contributed by atoms with van der Waals surface area (Å²) in [6, 6.07) is 2.76. The van der Waals surface area contributed by atoms with Crippen LogP contribution in [0.25, 0.3) is 0 Å². The lowest BCUT2D eigenvalue weighted by molar-refractivity contribution is 0.187. The predicted molar refractivity (Wildman–Crippen MR) is 87.6 cm³/mol. The molecule has 132 valence electrons. The highest BCUT2D eigenvalue weighted by atomic mass is 32.1. The maximum Gasteiger partial charge on any atom is 0.413 e. The topological polar surface area (TPSA) is 83.6 Å². The summed E-state index contributed by atoms with van der Waals surface area (Å²) >= 11 is 1.22. The fraction of sp³-hybridized carbons (Fsp3) is 0.267. The van der Waals surface area contributed by atoms with Gasteiger partial charge in [0.2, 0.25) is 0 Å². The number of carbonyl (C=O) groups is 2. The third-order valence-corrected chi connectivity index (χ3v) is 4.61. The molecule has 0 atom stereocenters. The number of nitrogens with zero attached hydrogens (tertiary/aromatic N) is 2. The van der Waals surface area contributed by atoms with E-state index in [1.54, 1.807) is 0 Å². The SMILES string of the molecule is COC(=O)Nc1nc2c(s1)CN(C(=O)Nc1c(F)cccc1F)CC2. The van der Waals surface area contributed by atoms with Crippen molar-refractivity contribution < 1.29 is 23.1 Å². The molecule has 0 spiro atoms. The predicted octanol–water partition coefficient (Wildman–Crippen LogP) is 3.19. The zero-order valence-electron chi connectivity index (χ0n) is 13.1. The summed E-state index contributed by atoms with van der Waals surface area (Å²) in [5, 5.41) is 5.11. The summed E-state index contributed by atoms with van der Waals surface area (Å²) in [5.41, 5.74) is 0.299. The maximum absolute atomic E-state index is 13.6. The molecule has 1 aromatic heterocycles. The van der Waals surface area contributed by atoms with E-state index in [4.69, 9.17) is 0 Å². The lowest BCUT2D eigenvalue weighted by Gasteiger charge is -2.26. The molecule has 7 nitrogen and oxygen atoms in total. The number of ether oxygens (including phenoxy) is 1. The van der Waals surface area contributed by atoms with Crippen LogP contribution in [-0.2, 0) is 17.7 Å². The second kappa shape index (κ2) is 7.01. The number of nitrogens with one attached hydrogen (secondary N) is 2. The molecular formula is C15H14F2N4O3S. The number of thiazole rings is 1. The lowest BCUT2D eigenvalue weighted by Crippen LogP contribution is -2.38. The Balaban J connectivity index is 1.70. The summed E-state index contributed by atoms with van der Waals surface area (Å²) in [6.07, 6.45) is -0.155. The first kappa shape index (κ1) is 17.1. The average molecular weight is 368 g/mol. The Morgan fingerprint density at radius 3 is 2.68 bits per heavy atom. The normalized spacial score (nSPS) is 13.2. The number of para-hydroxylation sites is 1. The number of methoxy groups -OCH3 is 1. The molecule has 0 radical (unpaired) electrons. The Morgan fingerprint density at radius 1 is 1.28 bits per heavy atom. The van der Waals surface area contributed by atoms with Gasteiger partial charge in [0.1, 0.15) is 17.3 Å². The number of carbonyl (C=O) groups excluding carboxylic acids is 2. The molecule has 10 heteroatoms. The number of aromatic nitrogens is 1. The van der Waals surface area contributed by atoms with E-state index in [1.165, 1.54) is 29.4 Å². The highest BCUT2D eigenvalue weighted by Gasteiger charge is 2.25. The number of rotatable bonds is 2. The van der Waals surface area contributed by atoms with Crippen LogP contribution in [0.2, 0.25) is 0 Å². The molecule has 0 fully saturated rings. The van der Waals surface area contributed by atoms with Gasteiger partial charge in [-0.05, 0) is 12.1 Å². The van der Waals surface area contributed by atoms with E-state index in [-0.39, 0.29) is 6.54 Å². The summed E-state index contributed by atoms with van der Waals surface area (Å²) in [4.78, 5) is 30.0. The first-order valence-electron chi connectivity index (χ1n) is 7.31. The second-order valence-electron chi connectivity index (χ2n) is 5.20. The molecular weight excluding hydrogens is 354 g/mol. The molecule has 2 aromatic rings. The van der Waals surface area contributed by atoms with E-state index in [1.807, 2.05) is 0 Å². The van der Waals surface area contributed by atoms with Crippen molar-refractivity contribution in [2.24, 2.45) is 0 Å². The van der Waals surface area contributed by atoms with Gasteiger partial charge >= 0.3 is 12.1 Å². The quantitative estimate of drug-likeness (QED) is 0.853. The number of hydrogen-bond acceptors (Lipinski definition) is 5. The molecule has 2 heterocycles. The Bertz CT molecular complexity index is 807. The Kier molecular flexibility index (Phi) is 4.79. The number of halogens is 2. The lowest BCUT2D eigenvalue weighted by atomic mass is 10.2. The molecule has 3 rings (SSSR count). The zero-order valence-corrected chi connectivity index (χ0v) is 14.0. The van der Waals surface area contributed by atoms with E-state index < -0.39 is 29.4 Å². The van der Waals surface area contributed by atoms with E-state index in [0.29, 0.717) is 18.1 Å². The molecule has 3 amide bonds. The average Bonchev–Trinajstić information content (AvgIpc) is 2.99. The fourth-order valence-electron chi connectivity index (χ4n) is 2.36. The van der Waals surface area contributed by atoms with Crippen molar-refractivity contribution in [2.45, 2.75) is 13.0 Å². The van der Waals surface area contributed by atoms with E-state index in [9.17, 15) is 18.4 Å². The summed E-state index contributed by atoms with van der Waals surface area (Å²) in [7, 11) is 1.25. The molecule has 1 aliphatic heterocycles. The highest BCUT2D eigenvalue weighted by molar-refractivity contribution is 7.15. The first-order valence-corrected chi connectivity index (χ1v) is 8.13. The van der Waals surface area contributed by atoms with Gasteiger partial charge in [0.15, 0.2) is 5.13 Å². The van der Waals surface area contributed by atoms with Crippen LogP contribution in [-0.4, -0.2) is 35.7 Å². The zero-order chi connectivity index (χ0) is 18.0. The van der Waals surface area contributed by atoms with Crippen molar-refractivity contribution in [1.29, 1.82) is 0 Å². The van der Waals surface area contributed by atoms with E-state index in [0.717, 1.165) is 22.7 Å². The van der Waals surface area contributed by atoms with Crippen LogP contribution in [0, 0.1) is 11.6 Å². The summed E-state index contributed by atoms with van der Waals surface area (Å²) in [5.74, 6) is -1.68. The van der Waals surface area contributed by atoms with Gasteiger partial charge in [0.05, 0.1) is 19.3 Å². The molecule has 2 N–H and O–H groups in total. The van der Waals surface area contributed by atoms with Crippen molar-refractivity contribution in [1.82, 2.24) is 9.88 Å². The van der Waals surface area contributed by atoms with Gasteiger partial charge in [-0.1, -0.05) is 17.4 Å². The van der Waals surface area contributed by atoms with Crippen molar-refractivity contribution >= 4 is 34.3 Å². The minimum atomic E-state index is -0.839. The minimum absolute atomic E-state index is 0.234. The molecule has 25 heavy (non-hydrogen) atoms. The van der Waals surface area contributed by atoms with Crippen molar-refractivity contribution in [3.05, 3.63) is 40.4 Å². The van der Waals surface area contributed by atoms with Gasteiger partial charge in [-0.3, -0.25) is 5.32 Å². The largest absolute Gasteiger partial charge is 0.453 e. The highest BCUT2D eigenvalue weighted by Crippen LogP contribution is 2.29. The molecule has 0 bridgehead atoms. The van der Waals surface area contributed by atoms with Crippen LogP contribution < -0.4 is 10.6 Å². The Morgan fingerprint density at radius 2 is 2.00 bits per heavy atom. The van der Waals surface area contributed by atoms with Gasteiger partial charge in [0, 0.05) is 17.8 Å². The minimum Gasteiger partial charge on any atom is -0.453 e. The summed E-state index contributed by atoms with van der Waals surface area (Å²) < 4.78 is 31.8. The number of anilines is 2. The van der Waals surface area contributed by atoms with Crippen molar-refractivity contribution in [3.63, 3.8) is 0 Å². The Hall–Kier alpha value is -2.75. The van der Waals surface area contributed by atoms with Gasteiger partial charge in [-0.2, -0.15) is 0 Å². The van der Waals surface area contributed by atoms with E-state index in [2.05, 4.69) is 20.4 Å². The molecule has 0 saturated carbocycles. The molecule has 1 aromatic carbocycles. The third-order valence-electron chi connectivity index (χ3n) is 3.61. The third kappa shape index (κ3) is 3.68. The second-order valence-corrected chi connectivity index (χ2v) is 6.29. The fourth-order valence-corrected chi connectivity index (χ4v) is 3.37. The molecule has 0 unspecified atom stereocenters. The van der Waals surface area contributed by atoms with E-state index >= 15 is 0 Å². The number of urea groups is 1. The van der Waals surface area contributed by atoms with Crippen molar-refractivity contribution in [3.8, 4) is 0 Å². The molecule has 0 saturated heterocycles. The standard InChI is InChI=1S/C15H14F2N4O3S/c1-24-15(23)20-13-18-10-5-6-21(7-11(10)25-13)14(22)19-12-8(16)3-2-4-9(12)17/h2-4H,5-7H2,1H3,(H,19,22)(H,18,20,23). The van der Waals surface area contributed by atoms with Crippen LogP contribution in [0.4, 0.5) is 29.2 Å². The van der Waals surface area contributed by atoms with Gasteiger partial charge < -0.3 is 15.0 Å². The van der Waals surface area contributed by atoms with Crippen LogP contribution in [0.3, 0.4) is 0 Å². The van der Waals surface area contributed by atoms with Crippen LogP contribution >= 0.6 is 11.3 Å². The summed E-state index contributed by atoms with van der Waals surface area (Å²) in [6.45, 7) is 0.577. The van der Waals surface area contributed by atoms with Gasteiger partial charge in [0.25, 0.3) is 0 Å². The van der Waals surface area contributed by atoms with Gasteiger partial charge in [-0.25, -0.2) is 23.4 Å². The van der Waals surface area contributed by atoms with Crippen LogP contribution in [0.5, 0.6) is 0 Å². The number of benzene rings is 1.